The van der Waals surface area contributed by atoms with Gasteiger partial charge in [-0.2, -0.15) is 0 Å². The van der Waals surface area contributed by atoms with Crippen LogP contribution in [0.15, 0.2) is 36.5 Å². The first-order chi connectivity index (χ1) is 17.4. The van der Waals surface area contributed by atoms with E-state index in [0.717, 1.165) is 13.1 Å². The predicted octanol–water partition coefficient (Wildman–Crippen LogP) is 2.46. The van der Waals surface area contributed by atoms with Gasteiger partial charge in [-0.1, -0.05) is 6.07 Å². The highest BCUT2D eigenvalue weighted by molar-refractivity contribution is 5.95. The molecule has 36 heavy (non-hydrogen) atoms. The molecule has 2 atom stereocenters. The van der Waals surface area contributed by atoms with Crippen LogP contribution < -0.4 is 14.8 Å². The number of fused-ring (bicyclic) bond motifs is 2. The third kappa shape index (κ3) is 4.97. The van der Waals surface area contributed by atoms with Crippen LogP contribution in [0.4, 0.5) is 10.1 Å². The zero-order chi connectivity index (χ0) is 25.2. The molecule has 0 aliphatic carbocycles. The van der Waals surface area contributed by atoms with Gasteiger partial charge in [0.15, 0.2) is 6.61 Å². The van der Waals surface area contributed by atoms with Gasteiger partial charge in [0.05, 0.1) is 36.1 Å². The maximum Gasteiger partial charge on any atom is 0.262 e. The molecule has 2 aromatic heterocycles. The Morgan fingerprint density at radius 1 is 1.25 bits per heavy atom. The Labute approximate surface area is 207 Å². The molecule has 3 aromatic rings. The molecule has 2 aliphatic rings. The number of aromatic nitrogens is 2. The molecule has 4 heterocycles. The lowest BCUT2D eigenvalue weighted by Crippen LogP contribution is -2.40. The number of anilines is 1. The largest absolute Gasteiger partial charge is 0.482 e. The van der Waals surface area contributed by atoms with Gasteiger partial charge in [0.2, 0.25) is 5.88 Å². The number of likely N-dealkylation sites (tertiary alicyclic amines) is 1. The number of aliphatic hydroxyl groups is 2. The van der Waals surface area contributed by atoms with Gasteiger partial charge in [0.1, 0.15) is 17.7 Å². The van der Waals surface area contributed by atoms with E-state index < -0.39 is 12.2 Å². The zero-order valence-corrected chi connectivity index (χ0v) is 20.0. The predicted molar refractivity (Wildman–Crippen MR) is 130 cm³/mol. The van der Waals surface area contributed by atoms with Gasteiger partial charge < -0.3 is 29.9 Å². The van der Waals surface area contributed by atoms with Crippen LogP contribution in [0.5, 0.6) is 11.6 Å². The summed E-state index contributed by atoms with van der Waals surface area (Å²) in [5.41, 5.74) is 2.66. The van der Waals surface area contributed by atoms with Crippen LogP contribution >= 0.6 is 0 Å². The van der Waals surface area contributed by atoms with Crippen molar-refractivity contribution in [1.82, 2.24) is 14.9 Å². The monoisotopic (exact) mass is 496 g/mol. The lowest BCUT2D eigenvalue weighted by Gasteiger charge is -2.36. The fraction of sp³-hybridized carbons (Fsp3) is 0.423. The molecule has 10 heteroatoms. The van der Waals surface area contributed by atoms with Gasteiger partial charge in [0, 0.05) is 18.2 Å². The Kier molecular flexibility index (Phi) is 6.99. The maximum atomic E-state index is 14.6. The number of piperidine rings is 1. The molecule has 5 rings (SSSR count). The van der Waals surface area contributed by atoms with E-state index >= 15 is 0 Å². The van der Waals surface area contributed by atoms with Crippen LogP contribution in [-0.4, -0.2) is 70.4 Å². The molecular formula is C26H29FN4O5. The molecule has 0 bridgehead atoms. The van der Waals surface area contributed by atoms with Crippen LogP contribution in [0.2, 0.25) is 0 Å². The number of ether oxygens (including phenoxy) is 2. The number of hydrogen-bond donors (Lipinski definition) is 3. The van der Waals surface area contributed by atoms with Gasteiger partial charge in [0.25, 0.3) is 5.91 Å². The second-order valence-corrected chi connectivity index (χ2v) is 9.26. The van der Waals surface area contributed by atoms with Gasteiger partial charge in [-0.3, -0.25) is 9.78 Å². The van der Waals surface area contributed by atoms with Crippen molar-refractivity contribution in [3.63, 3.8) is 0 Å². The maximum absolute atomic E-state index is 14.6. The van der Waals surface area contributed by atoms with Crippen LogP contribution in [0.25, 0.3) is 11.0 Å². The molecule has 3 N–H and O–H groups in total. The van der Waals surface area contributed by atoms with E-state index in [0.29, 0.717) is 65.3 Å². The Hall–Kier alpha value is -3.34. The molecule has 190 valence electrons. The summed E-state index contributed by atoms with van der Waals surface area (Å²) in [6.07, 6.45) is 1.09. The van der Waals surface area contributed by atoms with Crippen molar-refractivity contribution in [1.29, 1.82) is 0 Å². The molecule has 2 aliphatic heterocycles. The number of pyridine rings is 2. The third-order valence-electron chi connectivity index (χ3n) is 7.04. The fourth-order valence-corrected chi connectivity index (χ4v) is 4.96. The molecule has 1 amide bonds. The number of aliphatic hydroxyl groups excluding tert-OH is 2. The first-order valence-electron chi connectivity index (χ1n) is 12.1. The van der Waals surface area contributed by atoms with E-state index in [4.69, 9.17) is 9.47 Å². The number of halogens is 1. The highest BCUT2D eigenvalue weighted by Crippen LogP contribution is 2.34. The fourth-order valence-electron chi connectivity index (χ4n) is 4.96. The van der Waals surface area contributed by atoms with E-state index in [-0.39, 0.29) is 24.2 Å². The average molecular weight is 497 g/mol. The summed E-state index contributed by atoms with van der Waals surface area (Å²) in [6, 6.07) is 8.51. The Balaban J connectivity index is 1.19. The highest BCUT2D eigenvalue weighted by atomic mass is 19.1. The van der Waals surface area contributed by atoms with E-state index in [9.17, 15) is 19.4 Å². The summed E-state index contributed by atoms with van der Waals surface area (Å²) in [5.74, 6) is 0.237. The Morgan fingerprint density at radius 2 is 2.06 bits per heavy atom. The summed E-state index contributed by atoms with van der Waals surface area (Å²) in [7, 11) is 1.52. The van der Waals surface area contributed by atoms with Crippen LogP contribution in [0.3, 0.4) is 0 Å². The topological polar surface area (TPSA) is 117 Å². The molecule has 9 nitrogen and oxygen atoms in total. The van der Waals surface area contributed by atoms with Crippen LogP contribution in [0, 0.1) is 11.7 Å². The molecule has 0 radical (unpaired) electrons. The molecule has 1 saturated heterocycles. The summed E-state index contributed by atoms with van der Waals surface area (Å²) < 4.78 is 25.1. The number of benzene rings is 1. The molecular weight excluding hydrogens is 467 g/mol. The summed E-state index contributed by atoms with van der Waals surface area (Å²) in [4.78, 5) is 22.3. The lowest BCUT2D eigenvalue weighted by molar-refractivity contribution is -0.118. The number of nitrogens with one attached hydrogen (secondary N) is 1. The Bertz CT molecular complexity index is 1260. The first kappa shape index (κ1) is 24.4. The molecule has 2 unspecified atom stereocenters. The first-order valence-corrected chi connectivity index (χ1v) is 12.1. The SMILES string of the molecule is COc1ccc2ncc(F)c(CCN3CCC(C(O)C(O)c4ccc5c(c4)NC(=O)CO5)CC3)c2n1. The highest BCUT2D eigenvalue weighted by Gasteiger charge is 2.31. The number of rotatable bonds is 7. The smallest absolute Gasteiger partial charge is 0.262 e. The van der Waals surface area contributed by atoms with Crippen molar-refractivity contribution >= 4 is 22.6 Å². The van der Waals surface area contributed by atoms with Gasteiger partial charge in [-0.25, -0.2) is 9.37 Å². The van der Waals surface area contributed by atoms with Crippen molar-refractivity contribution in [2.24, 2.45) is 5.92 Å². The van der Waals surface area contributed by atoms with Gasteiger partial charge in [-0.15, -0.1) is 0 Å². The second-order valence-electron chi connectivity index (χ2n) is 9.26. The minimum atomic E-state index is -1.08. The standard InChI is InChI=1S/C26H29FN4O5/c1-35-23-5-3-19-24(30-23)17(18(27)13-28-19)8-11-31-9-6-15(7-10-31)25(33)26(34)16-2-4-21-20(12-16)29-22(32)14-36-21/h2-5,12-13,15,25-26,33-34H,6-11,14H2,1H3,(H,29,32). The number of amides is 1. The van der Waals surface area contributed by atoms with E-state index in [1.807, 2.05) is 0 Å². The minimum Gasteiger partial charge on any atom is -0.482 e. The van der Waals surface area contributed by atoms with E-state index in [2.05, 4.69) is 20.2 Å². The Morgan fingerprint density at radius 3 is 2.83 bits per heavy atom. The lowest BCUT2D eigenvalue weighted by atomic mass is 9.86. The number of nitrogens with zero attached hydrogens (tertiary/aromatic N) is 3. The van der Waals surface area contributed by atoms with E-state index in [1.165, 1.54) is 13.3 Å². The quantitative estimate of drug-likeness (QED) is 0.457. The van der Waals surface area contributed by atoms with Crippen molar-refractivity contribution in [3.05, 3.63) is 53.5 Å². The zero-order valence-electron chi connectivity index (χ0n) is 20.0. The van der Waals surface area contributed by atoms with Gasteiger partial charge >= 0.3 is 0 Å². The number of methoxy groups -OCH3 is 1. The average Bonchev–Trinajstić information content (AvgIpc) is 2.91. The van der Waals surface area contributed by atoms with Crippen molar-refractivity contribution in [3.8, 4) is 11.6 Å². The normalized spacial score (nSPS) is 18.3. The number of carbonyl (C=O) groups excluding carboxylic acids is 1. The van der Waals surface area contributed by atoms with Crippen molar-refractivity contribution < 1.29 is 28.9 Å². The molecule has 0 spiro atoms. The minimum absolute atomic E-state index is 0.0369. The molecule has 1 fully saturated rings. The number of carbonyl (C=O) groups is 1. The van der Waals surface area contributed by atoms with Crippen molar-refractivity contribution in [2.45, 2.75) is 31.5 Å². The molecule has 1 aromatic carbocycles. The summed E-state index contributed by atoms with van der Waals surface area (Å²) >= 11 is 0. The van der Waals surface area contributed by atoms with Crippen LogP contribution in [0.1, 0.15) is 30.1 Å². The number of hydrogen-bond acceptors (Lipinski definition) is 8. The second kappa shape index (κ2) is 10.3. The van der Waals surface area contributed by atoms with E-state index in [1.54, 1.807) is 30.3 Å². The third-order valence-corrected chi connectivity index (χ3v) is 7.04. The summed E-state index contributed by atoms with van der Waals surface area (Å²) in [6.45, 7) is 2.06. The van der Waals surface area contributed by atoms with Gasteiger partial charge in [-0.05, 0) is 62.0 Å². The van der Waals surface area contributed by atoms with Crippen molar-refractivity contribution in [2.75, 3.05) is 38.7 Å². The molecule has 0 saturated carbocycles. The van der Waals surface area contributed by atoms with Crippen LogP contribution in [-0.2, 0) is 11.2 Å². The summed E-state index contributed by atoms with van der Waals surface area (Å²) in [5, 5.41) is 24.4.